The lowest BCUT2D eigenvalue weighted by Crippen LogP contribution is -2.01. The van der Waals surface area contributed by atoms with E-state index in [1.165, 1.54) is 18.2 Å². The van der Waals surface area contributed by atoms with Crippen LogP contribution >= 0.6 is 0 Å². The van der Waals surface area contributed by atoms with Gasteiger partial charge in [-0.15, -0.1) is 0 Å². The Bertz CT molecular complexity index is 397. The van der Waals surface area contributed by atoms with Crippen LogP contribution in [-0.4, -0.2) is 20.2 Å². The van der Waals surface area contributed by atoms with Gasteiger partial charge in [-0.25, -0.2) is 0 Å². The van der Waals surface area contributed by atoms with Crippen LogP contribution in [0.25, 0.3) is 0 Å². The minimum atomic E-state index is -0.145. The Hall–Kier alpha value is -1.51. The molecule has 0 aromatic heterocycles. The molecule has 0 radical (unpaired) electrons. The third-order valence-electron chi connectivity index (χ3n) is 2.91. The molecule has 1 rings (SSSR count). The molecular formula is C14H20O3. The molecule has 17 heavy (non-hydrogen) atoms. The summed E-state index contributed by atoms with van der Waals surface area (Å²) < 4.78 is 9.89. The lowest BCUT2D eigenvalue weighted by Gasteiger charge is -2.11. The van der Waals surface area contributed by atoms with Crippen molar-refractivity contribution in [2.24, 2.45) is 0 Å². The van der Waals surface area contributed by atoms with E-state index in [1.807, 2.05) is 13.0 Å². The van der Waals surface area contributed by atoms with Crippen LogP contribution in [0.2, 0.25) is 0 Å². The van der Waals surface area contributed by atoms with Crippen LogP contribution in [0.5, 0.6) is 5.75 Å². The molecule has 1 aromatic carbocycles. The normalized spacial score (nSPS) is 10.1. The summed E-state index contributed by atoms with van der Waals surface area (Å²) in [4.78, 5) is 11.0. The van der Waals surface area contributed by atoms with Gasteiger partial charge in [-0.2, -0.15) is 0 Å². The molecule has 0 bridgehead atoms. The second-order valence-electron chi connectivity index (χ2n) is 4.18. The zero-order valence-electron chi connectivity index (χ0n) is 11.0. The van der Waals surface area contributed by atoms with Gasteiger partial charge in [0.1, 0.15) is 5.75 Å². The molecule has 3 heteroatoms. The minimum Gasteiger partial charge on any atom is -0.496 e. The van der Waals surface area contributed by atoms with Gasteiger partial charge in [-0.3, -0.25) is 4.79 Å². The average molecular weight is 236 g/mol. The first kappa shape index (κ1) is 13.6. The molecule has 94 valence electrons. The van der Waals surface area contributed by atoms with Crippen molar-refractivity contribution < 1.29 is 14.3 Å². The number of hydrogen-bond donors (Lipinski definition) is 0. The number of carbonyl (C=O) groups is 1. The Labute approximate surface area is 103 Å². The maximum atomic E-state index is 11.0. The quantitative estimate of drug-likeness (QED) is 0.737. The van der Waals surface area contributed by atoms with E-state index in [2.05, 4.69) is 17.7 Å². The number of aryl methyl sites for hydroxylation is 3. The second-order valence-corrected chi connectivity index (χ2v) is 4.18. The van der Waals surface area contributed by atoms with Crippen molar-refractivity contribution in [2.45, 2.75) is 33.1 Å². The van der Waals surface area contributed by atoms with Gasteiger partial charge in [-0.05, 0) is 49.4 Å². The maximum Gasteiger partial charge on any atom is 0.305 e. The number of methoxy groups -OCH3 is 2. The van der Waals surface area contributed by atoms with E-state index in [0.717, 1.165) is 24.2 Å². The van der Waals surface area contributed by atoms with Crippen molar-refractivity contribution >= 4 is 5.97 Å². The fourth-order valence-corrected chi connectivity index (χ4v) is 1.86. The van der Waals surface area contributed by atoms with Crippen molar-refractivity contribution in [1.29, 1.82) is 0 Å². The largest absolute Gasteiger partial charge is 0.496 e. The predicted molar refractivity (Wildman–Crippen MR) is 67.4 cm³/mol. The van der Waals surface area contributed by atoms with Gasteiger partial charge in [0.15, 0.2) is 0 Å². The van der Waals surface area contributed by atoms with Crippen molar-refractivity contribution in [3.8, 4) is 5.75 Å². The summed E-state index contributed by atoms with van der Waals surface area (Å²) in [6.45, 7) is 4.09. The van der Waals surface area contributed by atoms with E-state index in [9.17, 15) is 4.79 Å². The summed E-state index contributed by atoms with van der Waals surface area (Å²) in [5.41, 5.74) is 3.61. The van der Waals surface area contributed by atoms with Crippen LogP contribution in [0.3, 0.4) is 0 Å². The molecule has 0 atom stereocenters. The van der Waals surface area contributed by atoms with E-state index < -0.39 is 0 Å². The molecule has 0 saturated heterocycles. The predicted octanol–water partition coefficient (Wildman–Crippen LogP) is 2.81. The molecule has 0 aliphatic heterocycles. The van der Waals surface area contributed by atoms with E-state index in [4.69, 9.17) is 4.74 Å². The Morgan fingerprint density at radius 3 is 2.47 bits per heavy atom. The van der Waals surface area contributed by atoms with Gasteiger partial charge < -0.3 is 9.47 Å². The number of esters is 1. The van der Waals surface area contributed by atoms with Gasteiger partial charge in [0.25, 0.3) is 0 Å². The standard InChI is InChI=1S/C14H20O3/c1-10-9-13(16-3)11(2)8-12(10)6-5-7-14(15)17-4/h8-9H,5-7H2,1-4H3. The Morgan fingerprint density at radius 1 is 1.18 bits per heavy atom. The zero-order valence-corrected chi connectivity index (χ0v) is 11.0. The fourth-order valence-electron chi connectivity index (χ4n) is 1.86. The summed E-state index contributed by atoms with van der Waals surface area (Å²) >= 11 is 0. The minimum absolute atomic E-state index is 0.145. The van der Waals surface area contributed by atoms with Crippen LogP contribution < -0.4 is 4.74 Å². The molecule has 0 aliphatic carbocycles. The second kappa shape index (κ2) is 6.28. The highest BCUT2D eigenvalue weighted by Crippen LogP contribution is 2.23. The van der Waals surface area contributed by atoms with Crippen LogP contribution in [-0.2, 0) is 16.0 Å². The molecular weight excluding hydrogens is 216 g/mol. The lowest BCUT2D eigenvalue weighted by molar-refractivity contribution is -0.140. The van der Waals surface area contributed by atoms with Gasteiger partial charge in [-0.1, -0.05) is 6.07 Å². The summed E-state index contributed by atoms with van der Waals surface area (Å²) in [6.07, 6.45) is 2.19. The highest BCUT2D eigenvalue weighted by molar-refractivity contribution is 5.69. The van der Waals surface area contributed by atoms with Crippen LogP contribution in [0, 0.1) is 13.8 Å². The van der Waals surface area contributed by atoms with Crippen molar-refractivity contribution in [1.82, 2.24) is 0 Å². The molecule has 0 N–H and O–H groups in total. The first-order chi connectivity index (χ1) is 8.08. The third-order valence-corrected chi connectivity index (χ3v) is 2.91. The van der Waals surface area contributed by atoms with Gasteiger partial charge in [0.2, 0.25) is 0 Å². The highest BCUT2D eigenvalue weighted by atomic mass is 16.5. The average Bonchev–Trinajstić information content (AvgIpc) is 2.32. The summed E-state index contributed by atoms with van der Waals surface area (Å²) in [7, 11) is 3.10. The van der Waals surface area contributed by atoms with E-state index in [0.29, 0.717) is 6.42 Å². The highest BCUT2D eigenvalue weighted by Gasteiger charge is 2.06. The maximum absolute atomic E-state index is 11.0. The molecule has 0 unspecified atom stereocenters. The molecule has 0 amide bonds. The zero-order chi connectivity index (χ0) is 12.8. The number of carbonyl (C=O) groups excluding carboxylic acids is 1. The molecule has 0 heterocycles. The van der Waals surface area contributed by atoms with Crippen molar-refractivity contribution in [3.05, 3.63) is 28.8 Å². The molecule has 3 nitrogen and oxygen atoms in total. The number of benzene rings is 1. The Kier molecular flexibility index (Phi) is 5.01. The Morgan fingerprint density at radius 2 is 1.88 bits per heavy atom. The first-order valence-corrected chi connectivity index (χ1v) is 5.79. The van der Waals surface area contributed by atoms with Crippen molar-refractivity contribution in [2.75, 3.05) is 14.2 Å². The summed E-state index contributed by atoms with van der Waals surface area (Å²) in [5.74, 6) is 0.770. The summed E-state index contributed by atoms with van der Waals surface area (Å²) in [6, 6.07) is 4.17. The smallest absolute Gasteiger partial charge is 0.305 e. The molecule has 1 aromatic rings. The van der Waals surface area contributed by atoms with E-state index >= 15 is 0 Å². The van der Waals surface area contributed by atoms with Gasteiger partial charge in [0, 0.05) is 6.42 Å². The molecule has 0 saturated carbocycles. The monoisotopic (exact) mass is 236 g/mol. The van der Waals surface area contributed by atoms with Gasteiger partial charge in [0.05, 0.1) is 14.2 Å². The summed E-state index contributed by atoms with van der Waals surface area (Å²) in [5, 5.41) is 0. The van der Waals surface area contributed by atoms with Crippen molar-refractivity contribution in [3.63, 3.8) is 0 Å². The topological polar surface area (TPSA) is 35.5 Å². The number of rotatable bonds is 5. The molecule has 0 fully saturated rings. The van der Waals surface area contributed by atoms with Crippen LogP contribution in [0.15, 0.2) is 12.1 Å². The Balaban J connectivity index is 2.65. The first-order valence-electron chi connectivity index (χ1n) is 5.79. The fraction of sp³-hybridized carbons (Fsp3) is 0.500. The third kappa shape index (κ3) is 3.77. The molecule has 0 spiro atoms. The SMILES string of the molecule is COC(=O)CCCc1cc(C)c(OC)cc1C. The molecule has 0 aliphatic rings. The number of ether oxygens (including phenoxy) is 2. The van der Waals surface area contributed by atoms with Crippen LogP contribution in [0.1, 0.15) is 29.5 Å². The van der Waals surface area contributed by atoms with E-state index in [-0.39, 0.29) is 5.97 Å². The number of hydrogen-bond acceptors (Lipinski definition) is 3. The van der Waals surface area contributed by atoms with Gasteiger partial charge >= 0.3 is 5.97 Å². The van der Waals surface area contributed by atoms with Crippen LogP contribution in [0.4, 0.5) is 0 Å². The lowest BCUT2D eigenvalue weighted by atomic mass is 10.00. The van der Waals surface area contributed by atoms with E-state index in [1.54, 1.807) is 7.11 Å².